The van der Waals surface area contributed by atoms with E-state index in [1.165, 1.54) is 18.1 Å². The molecule has 0 aliphatic heterocycles. The van der Waals surface area contributed by atoms with Crippen LogP contribution in [0.5, 0.6) is 5.88 Å². The zero-order chi connectivity index (χ0) is 30.5. The summed E-state index contributed by atoms with van der Waals surface area (Å²) in [5.41, 5.74) is 3.99. The standard InChI is InChI=1S/C13H15NO3.C12H13NO3.C3H9ISi.C2H3N/c1-3-17-13(15)12-8-4-7-5-10(16-2)14-6-9(7)11(8)12;1-2-16-12(15)11-7-3-6-4-9(14)13-5-8(6)10(7)11;1-5(2,3)4;1-2-3/h5-6,8,11-12H,3-4H2,1-2H3;4-5,7,10-11H,2-3H2,1H3,(H,13,14);1-3H3;1H3. The first kappa shape index (κ1) is 32.8. The third-order valence-corrected chi connectivity index (χ3v) is 7.34. The van der Waals surface area contributed by atoms with E-state index in [4.69, 9.17) is 19.5 Å². The van der Waals surface area contributed by atoms with Crippen molar-refractivity contribution in [1.82, 2.24) is 9.97 Å². The number of aromatic amines is 1. The Hall–Kier alpha value is -2.72. The quantitative estimate of drug-likeness (QED) is 0.197. The highest BCUT2D eigenvalue weighted by molar-refractivity contribution is 14.1. The number of esters is 2. The second-order valence-corrected chi connectivity index (χ2v) is 25.2. The van der Waals surface area contributed by atoms with Gasteiger partial charge in [-0.05, 0) is 60.8 Å². The molecule has 4 aliphatic rings. The number of carbonyl (C=O) groups excluding carboxylic acids is 2. The minimum Gasteiger partial charge on any atom is -0.481 e. The second kappa shape index (κ2) is 14.0. The molecule has 2 heterocycles. The lowest BCUT2D eigenvalue weighted by Crippen LogP contribution is -2.13. The molecule has 2 saturated carbocycles. The van der Waals surface area contributed by atoms with Crippen LogP contribution in [0.4, 0.5) is 0 Å². The zero-order valence-electron chi connectivity index (χ0n) is 24.8. The Kier molecular flexibility index (Phi) is 11.2. The van der Waals surface area contributed by atoms with Gasteiger partial charge in [0.25, 0.3) is 0 Å². The molecule has 6 rings (SSSR count). The number of methoxy groups -OCH3 is 1. The molecule has 0 bridgehead atoms. The Bertz CT molecular complexity index is 1340. The summed E-state index contributed by atoms with van der Waals surface area (Å²) in [4.78, 5) is 41.3. The summed E-state index contributed by atoms with van der Waals surface area (Å²) in [7, 11) is 1.62. The number of carbonyl (C=O) groups is 2. The SMILES string of the molecule is CC#N.CCOC(=O)C1C2Cc3cc(=O)[nH]cc3C21.CCOC(=O)C1C2Cc3cc(OC)ncc3C21.C[Si](C)(C)I. The molecule has 0 spiro atoms. The number of H-pyrrole nitrogens is 1. The van der Waals surface area contributed by atoms with Crippen LogP contribution in [0.1, 0.15) is 54.9 Å². The van der Waals surface area contributed by atoms with Crippen molar-refractivity contribution < 1.29 is 23.8 Å². The summed E-state index contributed by atoms with van der Waals surface area (Å²) in [5.74, 6) is 2.02. The smallest absolute Gasteiger partial charge is 0.309 e. The number of hydrogen-bond donors (Lipinski definition) is 1. The van der Waals surface area contributed by atoms with Crippen molar-refractivity contribution in [1.29, 1.82) is 5.26 Å². The minimum absolute atomic E-state index is 0.0263. The Morgan fingerprint density at radius 2 is 1.49 bits per heavy atom. The lowest BCUT2D eigenvalue weighted by Gasteiger charge is -2.08. The first-order valence-corrected chi connectivity index (χ1v) is 20.6. The van der Waals surface area contributed by atoms with E-state index in [-0.39, 0.29) is 35.3 Å². The molecule has 9 nitrogen and oxygen atoms in total. The van der Waals surface area contributed by atoms with Crippen molar-refractivity contribution >= 4 is 39.3 Å². The molecule has 0 radical (unpaired) electrons. The van der Waals surface area contributed by atoms with Gasteiger partial charge in [0.1, 0.15) is 5.57 Å². The number of nitrogens with zero attached hydrogens (tertiary/aromatic N) is 2. The predicted octanol–water partition coefficient (Wildman–Crippen LogP) is 5.15. The fourth-order valence-corrected chi connectivity index (χ4v) is 5.82. The molecular formula is C30H40IN3O6Si. The van der Waals surface area contributed by atoms with E-state index in [0.717, 1.165) is 24.0 Å². The molecule has 4 aliphatic carbocycles. The molecular weight excluding hydrogens is 653 g/mol. The molecule has 2 aromatic heterocycles. The molecule has 6 unspecified atom stereocenters. The molecule has 1 N–H and O–H groups in total. The molecule has 222 valence electrons. The number of rotatable bonds is 5. The van der Waals surface area contributed by atoms with E-state index < -0.39 is 5.57 Å². The van der Waals surface area contributed by atoms with Gasteiger partial charge < -0.3 is 19.2 Å². The largest absolute Gasteiger partial charge is 0.481 e. The van der Waals surface area contributed by atoms with E-state index in [2.05, 4.69) is 51.4 Å². The molecule has 2 aromatic rings. The van der Waals surface area contributed by atoms with E-state index in [0.29, 0.717) is 36.8 Å². The first-order chi connectivity index (χ1) is 19.4. The Balaban J connectivity index is 0.000000180. The van der Waals surface area contributed by atoms with Crippen LogP contribution in [0.2, 0.25) is 19.6 Å². The predicted molar refractivity (Wildman–Crippen MR) is 167 cm³/mol. The highest BCUT2D eigenvalue weighted by Gasteiger charge is 2.61. The number of nitrogens with one attached hydrogen (secondary N) is 1. The number of ether oxygens (including phenoxy) is 3. The number of aromatic nitrogens is 2. The summed E-state index contributed by atoms with van der Waals surface area (Å²) in [6.07, 6.45) is 5.38. The number of fused-ring (bicyclic) bond motifs is 6. The van der Waals surface area contributed by atoms with Crippen LogP contribution in [0.25, 0.3) is 0 Å². The Morgan fingerprint density at radius 3 is 1.95 bits per heavy atom. The van der Waals surface area contributed by atoms with Gasteiger partial charge in [-0.25, -0.2) is 4.98 Å². The van der Waals surface area contributed by atoms with E-state index in [9.17, 15) is 14.4 Å². The van der Waals surface area contributed by atoms with Crippen molar-refractivity contribution in [2.24, 2.45) is 23.7 Å². The van der Waals surface area contributed by atoms with Gasteiger partial charge in [-0.2, -0.15) is 5.26 Å². The topological polar surface area (TPSA) is 131 Å². The van der Waals surface area contributed by atoms with Gasteiger partial charge in [0.2, 0.25) is 11.4 Å². The summed E-state index contributed by atoms with van der Waals surface area (Å²) in [5, 5.41) is 7.32. The van der Waals surface area contributed by atoms with Gasteiger partial charge in [0.05, 0.1) is 38.2 Å². The summed E-state index contributed by atoms with van der Waals surface area (Å²) in [6, 6.07) is 5.37. The van der Waals surface area contributed by atoms with Gasteiger partial charge in [-0.1, -0.05) is 19.6 Å². The third kappa shape index (κ3) is 8.19. The molecule has 0 saturated heterocycles. The first-order valence-electron chi connectivity index (χ1n) is 14.0. The lowest BCUT2D eigenvalue weighted by molar-refractivity contribution is -0.146. The molecule has 2 fully saturated rings. The summed E-state index contributed by atoms with van der Waals surface area (Å²) >= 11 is 2.52. The third-order valence-electron chi connectivity index (χ3n) is 7.34. The fourth-order valence-electron chi connectivity index (χ4n) is 5.82. The average Bonchev–Trinajstić information content (AvgIpc) is 3.70. The maximum atomic E-state index is 11.7. The van der Waals surface area contributed by atoms with Crippen LogP contribution < -0.4 is 10.3 Å². The zero-order valence-corrected chi connectivity index (χ0v) is 28.0. The number of nitriles is 1. The van der Waals surface area contributed by atoms with Gasteiger partial charge in [0.15, 0.2) is 0 Å². The van der Waals surface area contributed by atoms with Crippen LogP contribution in [-0.2, 0) is 31.9 Å². The number of pyridine rings is 2. The van der Waals surface area contributed by atoms with Crippen LogP contribution in [0.3, 0.4) is 0 Å². The van der Waals surface area contributed by atoms with E-state index in [1.807, 2.05) is 26.1 Å². The second-order valence-electron chi connectivity index (χ2n) is 11.3. The fraction of sp³-hybridized carbons (Fsp3) is 0.567. The average molecular weight is 694 g/mol. The lowest BCUT2D eigenvalue weighted by atomic mass is 10.0. The van der Waals surface area contributed by atoms with Crippen molar-refractivity contribution in [3.63, 3.8) is 0 Å². The van der Waals surface area contributed by atoms with Gasteiger partial charge >= 0.3 is 11.9 Å². The molecule has 41 heavy (non-hydrogen) atoms. The van der Waals surface area contributed by atoms with Crippen LogP contribution in [0, 0.1) is 35.0 Å². The molecule has 0 amide bonds. The maximum Gasteiger partial charge on any atom is 0.309 e. The van der Waals surface area contributed by atoms with Gasteiger partial charge in [-0.15, -0.1) is 21.8 Å². The molecule has 11 heteroatoms. The molecule has 6 atom stereocenters. The highest BCUT2D eigenvalue weighted by Crippen LogP contribution is 2.62. The Labute approximate surface area is 255 Å². The van der Waals surface area contributed by atoms with Crippen molar-refractivity contribution in [3.05, 3.63) is 57.1 Å². The molecule has 0 aromatic carbocycles. The van der Waals surface area contributed by atoms with Crippen LogP contribution in [-0.4, -0.2) is 47.8 Å². The van der Waals surface area contributed by atoms with Crippen molar-refractivity contribution in [3.8, 4) is 11.9 Å². The summed E-state index contributed by atoms with van der Waals surface area (Å²) < 4.78 is 15.2. The van der Waals surface area contributed by atoms with E-state index in [1.54, 1.807) is 25.4 Å². The van der Waals surface area contributed by atoms with Gasteiger partial charge in [-0.3, -0.25) is 14.4 Å². The Morgan fingerprint density at radius 1 is 1.02 bits per heavy atom. The highest BCUT2D eigenvalue weighted by atomic mass is 127. The maximum absolute atomic E-state index is 11.7. The van der Waals surface area contributed by atoms with Gasteiger partial charge in [0, 0.05) is 43.3 Å². The summed E-state index contributed by atoms with van der Waals surface area (Å²) in [6.45, 7) is 12.9. The van der Waals surface area contributed by atoms with Crippen molar-refractivity contribution in [2.45, 2.75) is 65.1 Å². The van der Waals surface area contributed by atoms with Crippen LogP contribution >= 0.6 is 21.8 Å². The van der Waals surface area contributed by atoms with Crippen LogP contribution in [0.15, 0.2) is 29.3 Å². The van der Waals surface area contributed by atoms with E-state index >= 15 is 0 Å². The number of halogens is 1. The number of hydrogen-bond acceptors (Lipinski definition) is 8. The normalized spacial score (nSPS) is 24.9. The van der Waals surface area contributed by atoms with Crippen molar-refractivity contribution in [2.75, 3.05) is 20.3 Å². The minimum atomic E-state index is -0.641. The monoisotopic (exact) mass is 693 g/mol.